The van der Waals surface area contributed by atoms with Crippen LogP contribution in [0.2, 0.25) is 6.04 Å². The molecule has 0 spiro atoms. The van der Waals surface area contributed by atoms with Crippen LogP contribution in [0.4, 0.5) is 0 Å². The van der Waals surface area contributed by atoms with Crippen LogP contribution in [-0.4, -0.2) is 18.5 Å². The van der Waals surface area contributed by atoms with E-state index >= 15 is 0 Å². The summed E-state index contributed by atoms with van der Waals surface area (Å²) in [7, 11) is -1.37. The van der Waals surface area contributed by atoms with Gasteiger partial charge < -0.3 is 5.11 Å². The topological polar surface area (TPSA) is 37.3 Å². The van der Waals surface area contributed by atoms with Crippen molar-refractivity contribution in [2.24, 2.45) is 0 Å². The van der Waals surface area contributed by atoms with Crippen molar-refractivity contribution < 1.29 is 9.90 Å². The molecule has 0 aromatic carbocycles. The molecule has 0 aliphatic rings. The molecule has 0 fully saturated rings. The normalized spacial score (nSPS) is 10.9. The predicted molar refractivity (Wildman–Crippen MR) is 68.2 cm³/mol. The summed E-state index contributed by atoms with van der Waals surface area (Å²) in [4.78, 5) is 10.2. The summed E-state index contributed by atoms with van der Waals surface area (Å²) in [6.07, 6.45) is 8.10. The van der Waals surface area contributed by atoms with Crippen molar-refractivity contribution >= 4 is 35.5 Å². The highest BCUT2D eigenvalue weighted by atomic mass is 35.7. The molecule has 0 aliphatic heterocycles. The van der Waals surface area contributed by atoms with Gasteiger partial charge >= 0.3 is 5.97 Å². The first-order chi connectivity index (χ1) is 7.13. The molecule has 0 saturated carbocycles. The van der Waals surface area contributed by atoms with Crippen LogP contribution in [0, 0.1) is 0 Å². The molecular weight excluding hydrogens is 251 g/mol. The second-order valence-corrected chi connectivity index (χ2v) is 8.99. The van der Waals surface area contributed by atoms with Gasteiger partial charge in [0.05, 0.1) is 0 Å². The number of carboxylic acid groups (broad SMARTS) is 1. The second kappa shape index (κ2) is 10.8. The monoisotopic (exact) mass is 270 g/mol. The van der Waals surface area contributed by atoms with Crippen LogP contribution < -0.4 is 0 Å². The van der Waals surface area contributed by atoms with Crippen molar-refractivity contribution in [1.82, 2.24) is 0 Å². The average molecular weight is 271 g/mol. The number of aliphatic carboxylic acids is 1. The summed E-state index contributed by atoms with van der Waals surface area (Å²) in [6.45, 7) is 0. The lowest BCUT2D eigenvalue weighted by molar-refractivity contribution is -0.137. The molecule has 0 aromatic rings. The molecule has 0 atom stereocenters. The molecule has 1 N–H and O–H groups in total. The summed E-state index contributed by atoms with van der Waals surface area (Å²) in [6, 6.07) is 1.02. The minimum Gasteiger partial charge on any atom is -0.481 e. The van der Waals surface area contributed by atoms with Crippen LogP contribution in [0.15, 0.2) is 0 Å². The molecule has 5 heteroatoms. The van der Waals surface area contributed by atoms with Crippen molar-refractivity contribution in [3.8, 4) is 0 Å². The second-order valence-electron chi connectivity index (χ2n) is 3.80. The maximum Gasteiger partial charge on any atom is 0.303 e. The van der Waals surface area contributed by atoms with Gasteiger partial charge in [-0.2, -0.15) is 22.2 Å². The molecule has 2 nitrogen and oxygen atoms in total. The van der Waals surface area contributed by atoms with Crippen molar-refractivity contribution in [2.45, 2.75) is 57.4 Å². The zero-order valence-corrected chi connectivity index (χ0v) is 11.7. The van der Waals surface area contributed by atoms with Gasteiger partial charge in [-0.1, -0.05) is 38.5 Å². The fourth-order valence-electron chi connectivity index (χ4n) is 1.46. The summed E-state index contributed by atoms with van der Waals surface area (Å²) in [5, 5.41) is 8.42. The largest absolute Gasteiger partial charge is 0.481 e. The van der Waals surface area contributed by atoms with E-state index in [1.165, 1.54) is 19.3 Å². The lowest BCUT2D eigenvalue weighted by Gasteiger charge is -2.01. The van der Waals surface area contributed by atoms with Crippen molar-refractivity contribution in [1.29, 1.82) is 0 Å². The van der Waals surface area contributed by atoms with Crippen LogP contribution >= 0.6 is 22.2 Å². The quantitative estimate of drug-likeness (QED) is 0.372. The van der Waals surface area contributed by atoms with E-state index in [-0.39, 0.29) is 0 Å². The smallest absolute Gasteiger partial charge is 0.303 e. The minimum atomic E-state index is -1.37. The highest BCUT2D eigenvalue weighted by Crippen LogP contribution is 2.13. The summed E-state index contributed by atoms with van der Waals surface area (Å²) in [5.41, 5.74) is 0. The zero-order chi connectivity index (χ0) is 11.5. The van der Waals surface area contributed by atoms with Gasteiger partial charge in [0.15, 0.2) is 0 Å². The molecule has 0 saturated heterocycles. The van der Waals surface area contributed by atoms with E-state index in [1.54, 1.807) is 0 Å². The van der Waals surface area contributed by atoms with Gasteiger partial charge in [0.2, 0.25) is 7.42 Å². The first-order valence-corrected chi connectivity index (χ1v) is 9.93. The molecule has 0 bridgehead atoms. The van der Waals surface area contributed by atoms with Gasteiger partial charge in [0.1, 0.15) is 0 Å². The van der Waals surface area contributed by atoms with E-state index in [0.29, 0.717) is 6.42 Å². The predicted octanol–water partition coefficient (Wildman–Crippen LogP) is 3.89. The molecule has 0 amide bonds. The minimum absolute atomic E-state index is 0.311. The third kappa shape index (κ3) is 14.3. The van der Waals surface area contributed by atoms with E-state index in [9.17, 15) is 4.79 Å². The van der Waals surface area contributed by atoms with Crippen LogP contribution in [0.5, 0.6) is 0 Å². The van der Waals surface area contributed by atoms with Gasteiger partial charge in [-0.05, 0) is 12.5 Å². The Labute approximate surface area is 103 Å². The third-order valence-electron chi connectivity index (χ3n) is 2.31. The van der Waals surface area contributed by atoms with Crippen LogP contribution in [0.25, 0.3) is 0 Å². The number of hydrogen-bond acceptors (Lipinski definition) is 1. The lowest BCUT2D eigenvalue weighted by atomic mass is 10.1. The summed E-state index contributed by atoms with van der Waals surface area (Å²) >= 11 is 11.5. The molecule has 0 aromatic heterocycles. The maximum absolute atomic E-state index is 10.2. The van der Waals surface area contributed by atoms with Crippen LogP contribution in [0.3, 0.4) is 0 Å². The van der Waals surface area contributed by atoms with E-state index in [1.807, 2.05) is 0 Å². The molecule has 0 radical (unpaired) electrons. The standard InChI is InChI=1S/C10H20Cl2O2Si/c11-15(12)9-7-5-3-1-2-4-6-8-10(13)14/h15H,1-9H2,(H,13,14). The Morgan fingerprint density at radius 3 is 1.87 bits per heavy atom. The van der Waals surface area contributed by atoms with Gasteiger partial charge in [-0.3, -0.25) is 4.79 Å². The molecular formula is C10H20Cl2O2Si. The lowest BCUT2D eigenvalue weighted by Crippen LogP contribution is -1.93. The van der Waals surface area contributed by atoms with Crippen LogP contribution in [-0.2, 0) is 4.79 Å². The van der Waals surface area contributed by atoms with Gasteiger partial charge in [0, 0.05) is 6.42 Å². The van der Waals surface area contributed by atoms with Crippen molar-refractivity contribution in [2.75, 3.05) is 0 Å². The molecule has 0 unspecified atom stereocenters. The van der Waals surface area contributed by atoms with Crippen molar-refractivity contribution in [3.63, 3.8) is 0 Å². The number of rotatable bonds is 10. The first-order valence-electron chi connectivity index (χ1n) is 5.63. The molecule has 0 aliphatic carbocycles. The Morgan fingerprint density at radius 1 is 0.933 bits per heavy atom. The van der Waals surface area contributed by atoms with E-state index in [4.69, 9.17) is 27.3 Å². The average Bonchev–Trinajstić information content (AvgIpc) is 2.14. The first kappa shape index (κ1) is 15.3. The van der Waals surface area contributed by atoms with Crippen molar-refractivity contribution in [3.05, 3.63) is 0 Å². The van der Waals surface area contributed by atoms with E-state index in [0.717, 1.165) is 31.7 Å². The number of carboxylic acids is 1. The molecule has 0 heterocycles. The summed E-state index contributed by atoms with van der Waals surface area (Å²) < 4.78 is 0. The SMILES string of the molecule is O=C(O)CCCCCCCCC[SiH](Cl)Cl. The third-order valence-corrected chi connectivity index (χ3v) is 4.47. The Kier molecular flexibility index (Phi) is 11.0. The van der Waals surface area contributed by atoms with Gasteiger partial charge in [-0.15, -0.1) is 0 Å². The molecule has 15 heavy (non-hydrogen) atoms. The Bertz CT molecular complexity index is 166. The molecule has 0 rings (SSSR count). The number of unbranched alkanes of at least 4 members (excludes halogenated alkanes) is 6. The van der Waals surface area contributed by atoms with Gasteiger partial charge in [-0.25, -0.2) is 0 Å². The highest BCUT2D eigenvalue weighted by molar-refractivity contribution is 7.33. The Balaban J connectivity index is 2.96. The fraction of sp³-hybridized carbons (Fsp3) is 0.900. The molecule has 90 valence electrons. The Morgan fingerprint density at radius 2 is 1.40 bits per heavy atom. The number of hydrogen-bond donors (Lipinski definition) is 1. The summed E-state index contributed by atoms with van der Waals surface area (Å²) in [5.74, 6) is -0.685. The fourth-order valence-corrected chi connectivity index (χ4v) is 2.98. The highest BCUT2D eigenvalue weighted by Gasteiger charge is 2.00. The number of carbonyl (C=O) groups is 1. The Hall–Kier alpha value is 0.267. The maximum atomic E-state index is 10.2. The van der Waals surface area contributed by atoms with E-state index in [2.05, 4.69) is 0 Å². The van der Waals surface area contributed by atoms with Gasteiger partial charge in [0.25, 0.3) is 0 Å². The number of halogens is 2. The van der Waals surface area contributed by atoms with E-state index < -0.39 is 13.4 Å². The zero-order valence-electron chi connectivity index (χ0n) is 9.05. The van der Waals surface area contributed by atoms with Crippen LogP contribution in [0.1, 0.15) is 51.4 Å².